The van der Waals surface area contributed by atoms with Crippen LogP contribution >= 0.6 is 0 Å². The zero-order valence-electron chi connectivity index (χ0n) is 26.2. The fraction of sp³-hybridized carbons (Fsp3) is 0.364. The molecule has 4 rings (SSSR count). The predicted octanol–water partition coefficient (Wildman–Crippen LogP) is 6.35. The van der Waals surface area contributed by atoms with E-state index in [0.29, 0.717) is 5.75 Å². The first-order valence-corrected chi connectivity index (χ1v) is 14.4. The monoisotopic (exact) mass is 600 g/mol. The van der Waals surface area contributed by atoms with Gasteiger partial charge in [0, 0.05) is 6.42 Å². The number of aromatic nitrogens is 3. The predicted molar refractivity (Wildman–Crippen MR) is 169 cm³/mol. The molecule has 11 heteroatoms. The van der Waals surface area contributed by atoms with E-state index in [-0.39, 0.29) is 30.4 Å². The number of rotatable bonds is 9. The van der Waals surface area contributed by atoms with Crippen LogP contribution in [0.15, 0.2) is 66.7 Å². The molecule has 1 heterocycles. The lowest BCUT2D eigenvalue weighted by Gasteiger charge is -2.26. The topological polar surface area (TPSA) is 151 Å². The second kappa shape index (κ2) is 13.2. The summed E-state index contributed by atoms with van der Waals surface area (Å²) >= 11 is 0. The van der Waals surface area contributed by atoms with Crippen LogP contribution in [0.2, 0.25) is 0 Å². The minimum atomic E-state index is -0.961. The average molecular weight is 601 g/mol. The number of nitrogens with one attached hydrogen (secondary N) is 2. The van der Waals surface area contributed by atoms with Crippen LogP contribution in [0, 0.1) is 0 Å². The molecule has 1 amide bonds. The summed E-state index contributed by atoms with van der Waals surface area (Å²) in [6.07, 6.45) is -0.534. The van der Waals surface area contributed by atoms with Crippen molar-refractivity contribution < 1.29 is 23.8 Å². The zero-order valence-corrected chi connectivity index (χ0v) is 26.2. The molecule has 0 aliphatic rings. The number of nitrogen functional groups attached to an aromatic ring is 1. The van der Waals surface area contributed by atoms with Crippen molar-refractivity contribution in [2.24, 2.45) is 0 Å². The van der Waals surface area contributed by atoms with Gasteiger partial charge in [-0.15, -0.1) is 0 Å². The molecule has 0 saturated carbocycles. The number of fused-ring (bicyclic) bond motifs is 1. The number of amides is 1. The van der Waals surface area contributed by atoms with Crippen molar-refractivity contribution in [3.05, 3.63) is 77.9 Å². The van der Waals surface area contributed by atoms with E-state index in [1.165, 1.54) is 0 Å². The Morgan fingerprint density at radius 2 is 1.50 bits per heavy atom. The van der Waals surface area contributed by atoms with Gasteiger partial charge in [-0.2, -0.15) is 15.0 Å². The molecule has 4 N–H and O–H groups in total. The lowest BCUT2D eigenvalue weighted by atomic mass is 10.0. The third kappa shape index (κ3) is 9.55. The van der Waals surface area contributed by atoms with Crippen molar-refractivity contribution in [3.63, 3.8) is 0 Å². The first kappa shape index (κ1) is 32.0. The second-order valence-electron chi connectivity index (χ2n) is 12.5. The minimum absolute atomic E-state index is 0.00764. The van der Waals surface area contributed by atoms with Crippen LogP contribution in [0.1, 0.15) is 65.6 Å². The lowest BCUT2D eigenvalue weighted by molar-refractivity contribution is -0.157. The molecule has 0 radical (unpaired) electrons. The number of benzene rings is 3. The van der Waals surface area contributed by atoms with Crippen LogP contribution in [-0.4, -0.2) is 44.3 Å². The first-order chi connectivity index (χ1) is 20.6. The zero-order chi connectivity index (χ0) is 32.1. The Morgan fingerprint density at radius 1 is 0.841 bits per heavy atom. The fourth-order valence-electron chi connectivity index (χ4n) is 4.29. The molecule has 2 unspecified atom stereocenters. The van der Waals surface area contributed by atoms with Crippen molar-refractivity contribution in [2.75, 3.05) is 11.1 Å². The molecule has 0 spiro atoms. The molecule has 0 bridgehead atoms. The van der Waals surface area contributed by atoms with Gasteiger partial charge < -0.3 is 30.6 Å². The minimum Gasteiger partial charge on any atom is -0.458 e. The Bertz CT molecular complexity index is 1610. The van der Waals surface area contributed by atoms with E-state index in [2.05, 4.69) is 55.9 Å². The Labute approximate surface area is 257 Å². The van der Waals surface area contributed by atoms with E-state index in [9.17, 15) is 9.59 Å². The van der Waals surface area contributed by atoms with Gasteiger partial charge in [0.15, 0.2) is 0 Å². The average Bonchev–Trinajstić information content (AvgIpc) is 2.91. The highest BCUT2D eigenvalue weighted by Gasteiger charge is 2.29. The molecule has 44 heavy (non-hydrogen) atoms. The highest BCUT2D eigenvalue weighted by atomic mass is 16.6. The molecule has 11 nitrogen and oxygen atoms in total. The summed E-state index contributed by atoms with van der Waals surface area (Å²) in [7, 11) is 0. The number of hydrogen-bond acceptors (Lipinski definition) is 10. The van der Waals surface area contributed by atoms with Gasteiger partial charge in [-0.05, 0) is 88.6 Å². The molecule has 0 fully saturated rings. The van der Waals surface area contributed by atoms with Gasteiger partial charge in [-0.1, -0.05) is 48.5 Å². The summed E-state index contributed by atoms with van der Waals surface area (Å²) in [5.74, 6) is 0.163. The summed E-state index contributed by atoms with van der Waals surface area (Å²) in [4.78, 5) is 38.1. The van der Waals surface area contributed by atoms with Gasteiger partial charge in [0.25, 0.3) is 0 Å². The SMILES string of the molecule is CC(Nc1nc(N)nc(Oc2ccc(CC(NC(=O)OC(C)(C)C)C(=O)OC(C)(C)C)cc2)n1)c1ccc2ccccc2c1. The van der Waals surface area contributed by atoms with Gasteiger partial charge in [-0.25, -0.2) is 9.59 Å². The number of nitrogens with two attached hydrogens (primary N) is 1. The largest absolute Gasteiger partial charge is 0.458 e. The fourth-order valence-corrected chi connectivity index (χ4v) is 4.29. The van der Waals surface area contributed by atoms with Crippen LogP contribution in [0.5, 0.6) is 11.8 Å². The first-order valence-electron chi connectivity index (χ1n) is 14.4. The molecule has 2 atom stereocenters. The number of carbonyl (C=O) groups is 2. The summed E-state index contributed by atoms with van der Waals surface area (Å²) in [6, 6.07) is 20.3. The third-order valence-electron chi connectivity index (χ3n) is 6.21. The van der Waals surface area contributed by atoms with Crippen molar-refractivity contribution in [2.45, 2.75) is 78.2 Å². The number of nitrogens with zero attached hydrogens (tertiary/aromatic N) is 3. The molecule has 0 saturated heterocycles. The molecular formula is C33H40N6O5. The number of carbonyl (C=O) groups excluding carboxylic acids is 2. The van der Waals surface area contributed by atoms with Crippen molar-refractivity contribution >= 4 is 34.7 Å². The maximum atomic E-state index is 12.9. The summed E-state index contributed by atoms with van der Waals surface area (Å²) in [5.41, 5.74) is 6.33. The van der Waals surface area contributed by atoms with Crippen LogP contribution in [0.25, 0.3) is 10.8 Å². The number of hydrogen-bond donors (Lipinski definition) is 3. The molecule has 4 aromatic rings. The van der Waals surface area contributed by atoms with E-state index in [0.717, 1.165) is 21.9 Å². The van der Waals surface area contributed by atoms with Crippen LogP contribution < -0.4 is 21.1 Å². The summed E-state index contributed by atoms with van der Waals surface area (Å²) in [6.45, 7) is 12.5. The standard InChI is InChI=1S/C33H40N6O5/c1-20(23-15-14-22-10-8-9-11-24(22)19-23)35-29-37-28(34)38-30(39-29)42-25-16-12-21(13-17-25)18-26(27(40)43-32(2,3)4)36-31(41)44-33(5,6)7/h8-17,19-20,26H,18H2,1-7H3,(H,36,41)(H3,34,35,37,38,39). The Hall–Kier alpha value is -4.93. The van der Waals surface area contributed by atoms with Gasteiger partial charge in [-0.3, -0.25) is 0 Å². The van der Waals surface area contributed by atoms with Crippen LogP contribution in [0.4, 0.5) is 16.7 Å². The maximum Gasteiger partial charge on any atom is 0.408 e. The maximum absolute atomic E-state index is 12.9. The van der Waals surface area contributed by atoms with Crippen LogP contribution in [-0.2, 0) is 20.7 Å². The van der Waals surface area contributed by atoms with Gasteiger partial charge in [0.1, 0.15) is 23.0 Å². The summed E-state index contributed by atoms with van der Waals surface area (Å²) < 4.78 is 16.7. The number of esters is 1. The highest BCUT2D eigenvalue weighted by Crippen LogP contribution is 2.25. The number of alkyl carbamates (subject to hydrolysis) is 1. The van der Waals surface area contributed by atoms with Gasteiger partial charge in [0.2, 0.25) is 11.9 Å². The Balaban J connectivity index is 1.44. The second-order valence-corrected chi connectivity index (χ2v) is 12.5. The van der Waals surface area contributed by atoms with Crippen molar-refractivity contribution in [3.8, 4) is 11.8 Å². The van der Waals surface area contributed by atoms with E-state index in [1.807, 2.05) is 19.1 Å². The third-order valence-corrected chi connectivity index (χ3v) is 6.21. The van der Waals surface area contributed by atoms with Gasteiger partial charge >= 0.3 is 18.1 Å². The smallest absolute Gasteiger partial charge is 0.408 e. The van der Waals surface area contributed by atoms with Crippen LogP contribution in [0.3, 0.4) is 0 Å². The van der Waals surface area contributed by atoms with Crippen molar-refractivity contribution in [1.82, 2.24) is 20.3 Å². The molecule has 232 valence electrons. The van der Waals surface area contributed by atoms with E-state index < -0.39 is 29.3 Å². The highest BCUT2D eigenvalue weighted by molar-refractivity contribution is 5.83. The number of ether oxygens (including phenoxy) is 3. The summed E-state index contributed by atoms with van der Waals surface area (Å²) in [5, 5.41) is 8.20. The molecule has 0 aliphatic heterocycles. The Morgan fingerprint density at radius 3 is 2.16 bits per heavy atom. The van der Waals surface area contributed by atoms with Gasteiger partial charge in [0.05, 0.1) is 6.04 Å². The van der Waals surface area contributed by atoms with E-state index >= 15 is 0 Å². The Kier molecular flexibility index (Phi) is 9.56. The van der Waals surface area contributed by atoms with E-state index in [4.69, 9.17) is 19.9 Å². The molecular weight excluding hydrogens is 560 g/mol. The molecule has 3 aromatic carbocycles. The molecule has 0 aliphatic carbocycles. The lowest BCUT2D eigenvalue weighted by Crippen LogP contribution is -2.47. The molecule has 1 aromatic heterocycles. The normalized spacial score (nSPS) is 13.1. The number of anilines is 2. The quantitative estimate of drug-likeness (QED) is 0.185. The van der Waals surface area contributed by atoms with Crippen molar-refractivity contribution in [1.29, 1.82) is 0 Å². The van der Waals surface area contributed by atoms with E-state index in [1.54, 1.807) is 65.8 Å².